The zero-order chi connectivity index (χ0) is 12.5. The average Bonchev–Trinajstić information content (AvgIpc) is 2.76. The molecule has 1 aromatic heterocycles. The first-order valence-corrected chi connectivity index (χ1v) is 6.52. The van der Waals surface area contributed by atoms with Crippen LogP contribution in [-0.2, 0) is 16.7 Å². The van der Waals surface area contributed by atoms with Gasteiger partial charge in [-0.2, -0.15) is 8.42 Å². The summed E-state index contributed by atoms with van der Waals surface area (Å²) in [5.41, 5.74) is 0.604. The molecule has 0 fully saturated rings. The number of aromatic nitrogens is 1. The summed E-state index contributed by atoms with van der Waals surface area (Å²) in [5, 5.41) is 0. The van der Waals surface area contributed by atoms with E-state index in [1.165, 1.54) is 12.1 Å². The molecule has 17 heavy (non-hydrogen) atoms. The lowest BCUT2D eigenvalue weighted by Crippen LogP contribution is -2.27. The molecule has 0 atom stereocenters. The fourth-order valence-corrected chi connectivity index (χ4v) is 1.99. The molecule has 2 rings (SSSR count). The van der Waals surface area contributed by atoms with Crippen LogP contribution in [0.4, 0.5) is 0 Å². The highest BCUT2D eigenvalue weighted by atomic mass is 32.2. The third-order valence-corrected chi connectivity index (χ3v) is 3.19. The molecule has 0 radical (unpaired) electrons. The minimum absolute atomic E-state index is 0.144. The van der Waals surface area contributed by atoms with Crippen LogP contribution in [0, 0.1) is 0 Å². The fraction of sp³-hybridized carbons (Fsp3) is 0.182. The predicted octanol–water partition coefficient (Wildman–Crippen LogP) is 1.50. The van der Waals surface area contributed by atoms with Crippen molar-refractivity contribution >= 4 is 10.1 Å². The van der Waals surface area contributed by atoms with Gasteiger partial charge in [0.25, 0.3) is 10.1 Å². The van der Waals surface area contributed by atoms with Crippen molar-refractivity contribution in [3.63, 3.8) is 0 Å². The van der Waals surface area contributed by atoms with Gasteiger partial charge in [-0.3, -0.25) is 4.55 Å². The Morgan fingerprint density at radius 1 is 1.35 bits per heavy atom. The molecule has 1 aromatic carbocycles. The summed E-state index contributed by atoms with van der Waals surface area (Å²) in [6.45, 7) is 2.62. The first-order chi connectivity index (χ1) is 8.00. The van der Waals surface area contributed by atoms with Gasteiger partial charge in [0.15, 0.2) is 6.54 Å². The Morgan fingerprint density at radius 2 is 2.12 bits per heavy atom. The molecule has 5 nitrogen and oxygen atoms in total. The molecule has 0 saturated heterocycles. The molecule has 0 unspecified atom stereocenters. The Bertz CT molecular complexity index is 630. The van der Waals surface area contributed by atoms with Gasteiger partial charge in [0.2, 0.25) is 12.0 Å². The van der Waals surface area contributed by atoms with E-state index in [4.69, 9.17) is 9.08 Å². The van der Waals surface area contributed by atoms with Gasteiger partial charge in [0.05, 0.1) is 11.0 Å². The van der Waals surface area contributed by atoms with Gasteiger partial charge in [-0.05, 0) is 23.8 Å². The molecule has 0 saturated carbocycles. The van der Waals surface area contributed by atoms with Crippen LogP contribution >= 0.6 is 0 Å². The van der Waals surface area contributed by atoms with Crippen LogP contribution in [0.15, 0.2) is 45.9 Å². The third kappa shape index (κ3) is 2.54. The lowest BCUT2D eigenvalue weighted by atomic mass is 10.2. The van der Waals surface area contributed by atoms with E-state index in [1.807, 2.05) is 6.92 Å². The highest BCUT2D eigenvalue weighted by molar-refractivity contribution is 7.85. The van der Waals surface area contributed by atoms with E-state index in [0.29, 0.717) is 17.9 Å². The Balaban J connectivity index is 2.46. The summed E-state index contributed by atoms with van der Waals surface area (Å²) in [7, 11) is -4.18. The van der Waals surface area contributed by atoms with E-state index < -0.39 is 10.1 Å². The van der Waals surface area contributed by atoms with Gasteiger partial charge >= 0.3 is 0 Å². The molecule has 0 bridgehead atoms. The van der Waals surface area contributed by atoms with Crippen LogP contribution in [0.3, 0.4) is 0 Å². The smallest absolute Gasteiger partial charge is 0.282 e. The zero-order valence-corrected chi connectivity index (χ0v) is 10.0. The van der Waals surface area contributed by atoms with Crippen molar-refractivity contribution in [1.29, 1.82) is 0 Å². The minimum atomic E-state index is -4.18. The Labute approximate surface area is 99.0 Å². The van der Waals surface area contributed by atoms with E-state index in [-0.39, 0.29) is 4.90 Å². The topological polar surface area (TPSA) is 71.4 Å². The first kappa shape index (κ1) is 11.8. The second kappa shape index (κ2) is 4.31. The van der Waals surface area contributed by atoms with Crippen molar-refractivity contribution in [2.75, 3.05) is 0 Å². The average molecular weight is 254 g/mol. The summed E-state index contributed by atoms with van der Waals surface area (Å²) >= 11 is 0. The molecular weight excluding hydrogens is 242 g/mol. The second-order valence-corrected chi connectivity index (χ2v) is 4.93. The van der Waals surface area contributed by atoms with Gasteiger partial charge in [0, 0.05) is 5.56 Å². The molecule has 0 aliphatic heterocycles. The van der Waals surface area contributed by atoms with Crippen molar-refractivity contribution in [3.8, 4) is 11.3 Å². The van der Waals surface area contributed by atoms with Gasteiger partial charge in [0.1, 0.15) is 0 Å². The van der Waals surface area contributed by atoms with Crippen LogP contribution in [0.1, 0.15) is 6.92 Å². The Morgan fingerprint density at radius 3 is 2.71 bits per heavy atom. The fourth-order valence-electron chi connectivity index (χ4n) is 1.47. The monoisotopic (exact) mass is 254 g/mol. The van der Waals surface area contributed by atoms with Crippen molar-refractivity contribution < 1.29 is 22.2 Å². The molecule has 2 aromatic rings. The van der Waals surface area contributed by atoms with Crippen molar-refractivity contribution in [2.24, 2.45) is 0 Å². The summed E-state index contributed by atoms with van der Waals surface area (Å²) in [6.07, 6.45) is 1.76. The van der Waals surface area contributed by atoms with Gasteiger partial charge in [-0.15, -0.1) is 0 Å². The van der Waals surface area contributed by atoms with E-state index in [9.17, 15) is 8.42 Å². The van der Waals surface area contributed by atoms with Crippen LogP contribution in [0.2, 0.25) is 0 Å². The molecule has 0 amide bonds. The molecule has 1 N–H and O–H groups in total. The van der Waals surface area contributed by atoms with E-state index in [0.717, 1.165) is 0 Å². The van der Waals surface area contributed by atoms with E-state index >= 15 is 0 Å². The van der Waals surface area contributed by atoms with Gasteiger partial charge in [-0.25, -0.2) is 4.52 Å². The zero-order valence-electron chi connectivity index (χ0n) is 9.20. The maximum atomic E-state index is 11.0. The largest absolute Gasteiger partial charge is 0.294 e. The van der Waals surface area contributed by atoms with Crippen molar-refractivity contribution in [2.45, 2.75) is 18.4 Å². The predicted molar refractivity (Wildman–Crippen MR) is 59.8 cm³/mol. The number of nitrogens with zero attached hydrogens (tertiary/aromatic N) is 1. The summed E-state index contributed by atoms with van der Waals surface area (Å²) in [6, 6.07) is 7.71. The van der Waals surface area contributed by atoms with Crippen molar-refractivity contribution in [3.05, 3.63) is 36.5 Å². The molecule has 0 aliphatic rings. The second-order valence-electron chi connectivity index (χ2n) is 3.51. The SMILES string of the molecule is CC[n+]1ccc(-c2cccc(S(=O)(=O)O)c2)o1. The highest BCUT2D eigenvalue weighted by Gasteiger charge is 2.14. The van der Waals surface area contributed by atoms with Gasteiger partial charge < -0.3 is 0 Å². The summed E-state index contributed by atoms with van der Waals surface area (Å²) in [5.74, 6) is 0.553. The Kier molecular flexibility index (Phi) is 2.99. The molecule has 0 spiro atoms. The number of rotatable bonds is 3. The number of aryl methyl sites for hydroxylation is 1. The summed E-state index contributed by atoms with van der Waals surface area (Å²) < 4.78 is 38.0. The number of hydrogen-bond acceptors (Lipinski definition) is 3. The van der Waals surface area contributed by atoms with Crippen LogP contribution in [0.5, 0.6) is 0 Å². The van der Waals surface area contributed by atoms with Crippen LogP contribution < -0.4 is 4.74 Å². The molecule has 1 heterocycles. The maximum absolute atomic E-state index is 11.0. The standard InChI is InChI=1S/C11H11NO4S/c1-2-12-7-6-11(16-12)9-4-3-5-10(8-9)17(13,14)15/h3-8H,2H2,1H3/p+1. The van der Waals surface area contributed by atoms with E-state index in [1.54, 1.807) is 29.1 Å². The Hall–Kier alpha value is -1.66. The van der Waals surface area contributed by atoms with Gasteiger partial charge in [-0.1, -0.05) is 12.1 Å². The normalized spacial score (nSPS) is 11.6. The van der Waals surface area contributed by atoms with Crippen molar-refractivity contribution in [1.82, 2.24) is 0 Å². The number of hydrogen-bond donors (Lipinski definition) is 1. The quantitative estimate of drug-likeness (QED) is 0.665. The maximum Gasteiger partial charge on any atom is 0.294 e. The summed E-state index contributed by atoms with van der Waals surface area (Å²) in [4.78, 5) is -0.144. The first-order valence-electron chi connectivity index (χ1n) is 5.08. The third-order valence-electron chi connectivity index (χ3n) is 2.34. The highest BCUT2D eigenvalue weighted by Crippen LogP contribution is 2.21. The molecule has 6 heteroatoms. The minimum Gasteiger partial charge on any atom is -0.282 e. The van der Waals surface area contributed by atoms with E-state index in [2.05, 4.69) is 0 Å². The molecule has 0 aliphatic carbocycles. The lowest BCUT2D eigenvalue weighted by molar-refractivity contribution is -0.860. The van der Waals surface area contributed by atoms with Crippen LogP contribution in [-0.4, -0.2) is 13.0 Å². The number of benzene rings is 1. The molecule has 90 valence electrons. The molecular formula is C11H12NO4S+. The van der Waals surface area contributed by atoms with Crippen LogP contribution in [0.25, 0.3) is 11.3 Å². The lowest BCUT2D eigenvalue weighted by Gasteiger charge is -1.98.